The van der Waals surface area contributed by atoms with Crippen molar-refractivity contribution in [3.05, 3.63) is 95.6 Å². The number of nitrogens with one attached hydrogen (secondary N) is 1. The number of nitrogens with zero attached hydrogens (tertiary/aromatic N) is 1. The minimum atomic E-state index is -0.616. The highest BCUT2D eigenvalue weighted by Crippen LogP contribution is 2.44. The first-order valence-electron chi connectivity index (χ1n) is 11.4. The highest BCUT2D eigenvalue weighted by atomic mass is 16.6. The fourth-order valence-corrected chi connectivity index (χ4v) is 4.16. The molecule has 3 aromatic rings. The number of fused-ring (bicyclic) bond motifs is 3. The molecular formula is C27H29N3O4. The molecule has 0 heterocycles. The van der Waals surface area contributed by atoms with Crippen molar-refractivity contribution in [2.75, 3.05) is 26.2 Å². The Morgan fingerprint density at radius 1 is 0.853 bits per heavy atom. The molecule has 1 aliphatic carbocycles. The summed E-state index contributed by atoms with van der Waals surface area (Å²) >= 11 is 0. The van der Waals surface area contributed by atoms with Gasteiger partial charge in [0.2, 0.25) is 0 Å². The summed E-state index contributed by atoms with van der Waals surface area (Å²) in [5.41, 5.74) is 13.8. The number of rotatable bonds is 10. The minimum Gasteiger partial charge on any atom is -0.460 e. The van der Waals surface area contributed by atoms with Gasteiger partial charge in [-0.2, -0.15) is 0 Å². The second kappa shape index (κ2) is 11.4. The first kappa shape index (κ1) is 23.5. The normalized spacial score (nSPS) is 12.2. The van der Waals surface area contributed by atoms with Crippen molar-refractivity contribution in [2.45, 2.75) is 18.9 Å². The highest BCUT2D eigenvalue weighted by Gasteiger charge is 2.29. The van der Waals surface area contributed by atoms with Gasteiger partial charge in [-0.3, -0.25) is 10.2 Å². The lowest BCUT2D eigenvalue weighted by Gasteiger charge is -2.22. The van der Waals surface area contributed by atoms with Gasteiger partial charge in [0.25, 0.3) is 0 Å². The maximum Gasteiger partial charge on any atom is 0.421 e. The van der Waals surface area contributed by atoms with E-state index in [1.165, 1.54) is 5.01 Å². The number of nitrogens with two attached hydrogens (primary N) is 1. The van der Waals surface area contributed by atoms with Crippen molar-refractivity contribution in [2.24, 2.45) is 5.73 Å². The van der Waals surface area contributed by atoms with Crippen LogP contribution >= 0.6 is 0 Å². The Kier molecular flexibility index (Phi) is 7.91. The molecule has 0 aliphatic heterocycles. The zero-order valence-corrected chi connectivity index (χ0v) is 19.0. The van der Waals surface area contributed by atoms with Gasteiger partial charge < -0.3 is 15.2 Å². The molecule has 0 bridgehead atoms. The lowest BCUT2D eigenvalue weighted by molar-refractivity contribution is -0.146. The number of hydrogen-bond acceptors (Lipinski definition) is 6. The molecule has 7 nitrogen and oxygen atoms in total. The van der Waals surface area contributed by atoms with E-state index in [0.717, 1.165) is 27.8 Å². The van der Waals surface area contributed by atoms with E-state index in [9.17, 15) is 9.59 Å². The van der Waals surface area contributed by atoms with Crippen LogP contribution < -0.4 is 11.2 Å². The topological polar surface area (TPSA) is 93.9 Å². The molecule has 0 aromatic heterocycles. The molecule has 3 aromatic carbocycles. The van der Waals surface area contributed by atoms with Crippen molar-refractivity contribution in [1.29, 1.82) is 0 Å². The summed E-state index contributed by atoms with van der Waals surface area (Å²) in [5.74, 6) is -0.480. The number of hydrogen-bond donors (Lipinski definition) is 2. The average molecular weight is 460 g/mol. The van der Waals surface area contributed by atoms with Gasteiger partial charge in [-0.1, -0.05) is 78.9 Å². The molecule has 1 aliphatic rings. The van der Waals surface area contributed by atoms with Gasteiger partial charge in [-0.25, -0.2) is 9.80 Å². The van der Waals surface area contributed by atoms with Gasteiger partial charge in [-0.15, -0.1) is 0 Å². The summed E-state index contributed by atoms with van der Waals surface area (Å²) < 4.78 is 10.9. The number of ether oxygens (including phenoxy) is 2. The fourth-order valence-electron chi connectivity index (χ4n) is 4.16. The molecule has 7 heteroatoms. The van der Waals surface area contributed by atoms with Crippen molar-refractivity contribution >= 4 is 12.1 Å². The van der Waals surface area contributed by atoms with E-state index in [4.69, 9.17) is 15.2 Å². The van der Waals surface area contributed by atoms with Crippen molar-refractivity contribution in [3.8, 4) is 11.1 Å². The lowest BCUT2D eigenvalue weighted by Crippen LogP contribution is -2.46. The standard InChI is InChI=1S/C27H29N3O4/c28-15-8-16-30(17-26(31)33-18-20-9-2-1-3-10-20)29-27(32)34-19-25-23-13-6-4-11-21(23)22-12-5-7-14-24(22)25/h1-7,9-14,25H,8,15-19,28H2,(H,29,32). The maximum atomic E-state index is 12.6. The van der Waals surface area contributed by atoms with Gasteiger partial charge in [0.1, 0.15) is 19.8 Å². The molecule has 0 unspecified atom stereocenters. The quantitative estimate of drug-likeness (QED) is 0.354. The second-order valence-corrected chi connectivity index (χ2v) is 8.15. The number of carbonyl (C=O) groups excluding carboxylic acids is 2. The van der Waals surface area contributed by atoms with Crippen LogP contribution in [0.5, 0.6) is 0 Å². The Morgan fingerprint density at radius 2 is 1.47 bits per heavy atom. The molecule has 0 saturated carbocycles. The largest absolute Gasteiger partial charge is 0.460 e. The highest BCUT2D eigenvalue weighted by molar-refractivity contribution is 5.79. The molecule has 176 valence electrons. The van der Waals surface area contributed by atoms with E-state index < -0.39 is 12.1 Å². The molecule has 1 amide bonds. The Bertz CT molecular complexity index is 1070. The Morgan fingerprint density at radius 3 is 2.12 bits per heavy atom. The third kappa shape index (κ3) is 5.81. The van der Waals surface area contributed by atoms with E-state index in [2.05, 4.69) is 29.7 Å². The number of carbonyl (C=O) groups is 2. The molecule has 3 N–H and O–H groups in total. The SMILES string of the molecule is NCCCN(CC(=O)OCc1ccccc1)NC(=O)OCC1c2ccccc2-c2ccccc21. The Balaban J connectivity index is 1.33. The molecular weight excluding hydrogens is 430 g/mol. The summed E-state index contributed by atoms with van der Waals surface area (Å²) in [6, 6.07) is 25.8. The van der Waals surface area contributed by atoms with E-state index >= 15 is 0 Å². The van der Waals surface area contributed by atoms with Crippen molar-refractivity contribution < 1.29 is 19.1 Å². The van der Waals surface area contributed by atoms with E-state index in [1.54, 1.807) is 0 Å². The monoisotopic (exact) mass is 459 g/mol. The van der Waals surface area contributed by atoms with Crippen LogP contribution in [0.15, 0.2) is 78.9 Å². The Labute approximate surface area is 199 Å². The third-order valence-electron chi connectivity index (χ3n) is 5.79. The van der Waals surface area contributed by atoms with Crippen LogP contribution in [0.2, 0.25) is 0 Å². The summed E-state index contributed by atoms with van der Waals surface area (Å²) in [4.78, 5) is 24.9. The van der Waals surface area contributed by atoms with Gasteiger partial charge in [0.15, 0.2) is 0 Å². The van der Waals surface area contributed by atoms with Crippen LogP contribution in [0.25, 0.3) is 11.1 Å². The van der Waals surface area contributed by atoms with Crippen LogP contribution in [-0.4, -0.2) is 43.3 Å². The molecule has 0 atom stereocenters. The molecule has 0 radical (unpaired) electrons. The fraction of sp³-hybridized carbons (Fsp3) is 0.259. The number of benzene rings is 3. The smallest absolute Gasteiger partial charge is 0.421 e. The van der Waals surface area contributed by atoms with Crippen LogP contribution in [0.3, 0.4) is 0 Å². The predicted octanol–water partition coefficient (Wildman–Crippen LogP) is 3.83. The summed E-state index contributed by atoms with van der Waals surface area (Å²) in [5, 5.41) is 1.49. The first-order valence-corrected chi connectivity index (χ1v) is 11.4. The van der Waals surface area contributed by atoms with Gasteiger partial charge >= 0.3 is 12.1 Å². The number of esters is 1. The predicted molar refractivity (Wildman–Crippen MR) is 130 cm³/mol. The Hall–Kier alpha value is -3.68. The lowest BCUT2D eigenvalue weighted by atomic mass is 9.98. The maximum absolute atomic E-state index is 12.6. The van der Waals surface area contributed by atoms with E-state index in [-0.39, 0.29) is 25.7 Å². The first-order chi connectivity index (χ1) is 16.7. The number of amides is 1. The van der Waals surface area contributed by atoms with E-state index in [0.29, 0.717) is 19.5 Å². The van der Waals surface area contributed by atoms with Crippen LogP contribution in [0, 0.1) is 0 Å². The van der Waals surface area contributed by atoms with Gasteiger partial charge in [-0.05, 0) is 40.8 Å². The van der Waals surface area contributed by atoms with Crippen molar-refractivity contribution in [3.63, 3.8) is 0 Å². The summed E-state index contributed by atoms with van der Waals surface area (Å²) in [6.45, 7) is 1.11. The number of hydrazine groups is 1. The summed E-state index contributed by atoms with van der Waals surface area (Å²) in [7, 11) is 0. The van der Waals surface area contributed by atoms with Gasteiger partial charge in [0, 0.05) is 12.5 Å². The zero-order valence-electron chi connectivity index (χ0n) is 19.0. The molecule has 34 heavy (non-hydrogen) atoms. The van der Waals surface area contributed by atoms with E-state index in [1.807, 2.05) is 54.6 Å². The van der Waals surface area contributed by atoms with Crippen molar-refractivity contribution in [1.82, 2.24) is 10.4 Å². The third-order valence-corrected chi connectivity index (χ3v) is 5.79. The molecule has 0 spiro atoms. The van der Waals surface area contributed by atoms with Gasteiger partial charge in [0.05, 0.1) is 0 Å². The van der Waals surface area contributed by atoms with Crippen LogP contribution in [-0.2, 0) is 20.9 Å². The summed E-state index contributed by atoms with van der Waals surface area (Å²) in [6.07, 6.45) is -0.00921. The average Bonchev–Trinajstić information content (AvgIpc) is 3.19. The minimum absolute atomic E-state index is 0.0357. The molecule has 0 fully saturated rings. The van der Waals surface area contributed by atoms with Crippen LogP contribution in [0.1, 0.15) is 29.0 Å². The second-order valence-electron chi connectivity index (χ2n) is 8.15. The molecule has 0 saturated heterocycles. The van der Waals surface area contributed by atoms with Crippen LogP contribution in [0.4, 0.5) is 4.79 Å². The zero-order chi connectivity index (χ0) is 23.8. The molecule has 4 rings (SSSR count).